The SMILES string of the molecule is COCOCc1ccc(-c2cc(Cl)ccc2S)cc1Br. The van der Waals surface area contributed by atoms with Crippen LogP contribution in [0, 0.1) is 0 Å². The molecule has 0 aliphatic heterocycles. The van der Waals surface area contributed by atoms with Gasteiger partial charge in [-0.05, 0) is 41.0 Å². The third kappa shape index (κ3) is 3.99. The van der Waals surface area contributed by atoms with Crippen molar-refractivity contribution in [3.05, 3.63) is 51.5 Å². The van der Waals surface area contributed by atoms with Gasteiger partial charge in [-0.25, -0.2) is 0 Å². The lowest BCUT2D eigenvalue weighted by Crippen LogP contribution is -1.97. The zero-order valence-corrected chi connectivity index (χ0v) is 14.1. The van der Waals surface area contributed by atoms with Gasteiger partial charge in [0.1, 0.15) is 6.79 Å². The molecule has 0 spiro atoms. The number of hydrogen-bond acceptors (Lipinski definition) is 3. The minimum Gasteiger partial charge on any atom is -0.359 e. The van der Waals surface area contributed by atoms with Crippen LogP contribution in [0.1, 0.15) is 5.56 Å². The van der Waals surface area contributed by atoms with Crippen molar-refractivity contribution in [3.63, 3.8) is 0 Å². The second-order valence-corrected chi connectivity index (χ2v) is 6.00. The molecule has 0 amide bonds. The number of halogens is 2. The van der Waals surface area contributed by atoms with Crippen molar-refractivity contribution >= 4 is 40.2 Å². The summed E-state index contributed by atoms with van der Waals surface area (Å²) < 4.78 is 11.2. The van der Waals surface area contributed by atoms with Crippen LogP contribution in [-0.2, 0) is 16.1 Å². The summed E-state index contributed by atoms with van der Waals surface area (Å²) >= 11 is 14.1. The van der Waals surface area contributed by atoms with Gasteiger partial charge in [-0.1, -0.05) is 39.7 Å². The van der Waals surface area contributed by atoms with Gasteiger partial charge in [0.15, 0.2) is 0 Å². The number of rotatable bonds is 5. The number of methoxy groups -OCH3 is 1. The second kappa shape index (κ2) is 7.48. The summed E-state index contributed by atoms with van der Waals surface area (Å²) in [4.78, 5) is 0.893. The molecule has 2 aromatic rings. The Morgan fingerprint density at radius 3 is 2.70 bits per heavy atom. The summed E-state index contributed by atoms with van der Waals surface area (Å²) in [6, 6.07) is 11.7. The second-order valence-electron chi connectivity index (χ2n) is 4.22. The highest BCUT2D eigenvalue weighted by atomic mass is 79.9. The Balaban J connectivity index is 2.26. The lowest BCUT2D eigenvalue weighted by molar-refractivity contribution is -0.0392. The van der Waals surface area contributed by atoms with Crippen molar-refractivity contribution in [2.75, 3.05) is 13.9 Å². The van der Waals surface area contributed by atoms with E-state index in [1.165, 1.54) is 0 Å². The first-order valence-corrected chi connectivity index (χ1v) is 7.57. The van der Waals surface area contributed by atoms with Gasteiger partial charge < -0.3 is 9.47 Å². The third-order valence-electron chi connectivity index (χ3n) is 2.78. The fraction of sp³-hybridized carbons (Fsp3) is 0.200. The van der Waals surface area contributed by atoms with Crippen molar-refractivity contribution in [1.29, 1.82) is 0 Å². The molecule has 0 aromatic heterocycles. The van der Waals surface area contributed by atoms with Gasteiger partial charge in [-0.3, -0.25) is 0 Å². The molecular formula is C15H14BrClO2S. The van der Waals surface area contributed by atoms with Gasteiger partial charge in [0, 0.05) is 21.5 Å². The van der Waals surface area contributed by atoms with Crippen LogP contribution >= 0.6 is 40.2 Å². The standard InChI is InChI=1S/C15H14BrClO2S/c1-18-9-19-8-11-3-2-10(6-14(11)16)13-7-12(17)4-5-15(13)20/h2-7,20H,8-9H2,1H3. The van der Waals surface area contributed by atoms with Crippen molar-refractivity contribution in [1.82, 2.24) is 0 Å². The summed E-state index contributed by atoms with van der Waals surface area (Å²) in [7, 11) is 1.60. The van der Waals surface area contributed by atoms with Crippen molar-refractivity contribution < 1.29 is 9.47 Å². The van der Waals surface area contributed by atoms with E-state index >= 15 is 0 Å². The van der Waals surface area contributed by atoms with Gasteiger partial charge in [0.05, 0.1) is 6.61 Å². The predicted octanol–water partition coefficient (Wildman–Crippen LogP) is 5.18. The summed E-state index contributed by atoms with van der Waals surface area (Å²) in [6.07, 6.45) is 0. The Labute approximate surface area is 137 Å². The van der Waals surface area contributed by atoms with E-state index in [0.717, 1.165) is 26.1 Å². The maximum atomic E-state index is 6.04. The van der Waals surface area contributed by atoms with Gasteiger partial charge in [0.2, 0.25) is 0 Å². The number of hydrogen-bond donors (Lipinski definition) is 1. The maximum absolute atomic E-state index is 6.04. The number of benzene rings is 2. The van der Waals surface area contributed by atoms with E-state index in [9.17, 15) is 0 Å². The first kappa shape index (κ1) is 15.9. The van der Waals surface area contributed by atoms with Gasteiger partial charge in [-0.15, -0.1) is 12.6 Å². The molecule has 0 fully saturated rings. The minimum atomic E-state index is 0.281. The van der Waals surface area contributed by atoms with Crippen LogP contribution in [0.25, 0.3) is 11.1 Å². The molecule has 0 atom stereocenters. The fourth-order valence-corrected chi connectivity index (χ4v) is 2.74. The summed E-state index contributed by atoms with van der Waals surface area (Å²) in [5.41, 5.74) is 3.12. The van der Waals surface area contributed by atoms with E-state index in [0.29, 0.717) is 11.6 Å². The molecule has 0 radical (unpaired) electrons. The van der Waals surface area contributed by atoms with Crippen molar-refractivity contribution in [2.45, 2.75) is 11.5 Å². The highest BCUT2D eigenvalue weighted by Crippen LogP contribution is 2.32. The van der Waals surface area contributed by atoms with E-state index in [4.69, 9.17) is 21.1 Å². The molecule has 2 rings (SSSR count). The highest BCUT2D eigenvalue weighted by Gasteiger charge is 2.07. The molecule has 106 valence electrons. The average molecular weight is 374 g/mol. The van der Waals surface area contributed by atoms with Crippen LogP contribution in [0.5, 0.6) is 0 Å². The molecular weight excluding hydrogens is 360 g/mol. The maximum Gasteiger partial charge on any atom is 0.146 e. The van der Waals surface area contributed by atoms with E-state index in [1.54, 1.807) is 7.11 Å². The molecule has 0 aliphatic rings. The Bertz CT molecular complexity index is 604. The quantitative estimate of drug-likeness (QED) is 0.442. The van der Waals surface area contributed by atoms with Crippen LogP contribution in [0.15, 0.2) is 45.8 Å². The smallest absolute Gasteiger partial charge is 0.146 e. The molecule has 0 saturated heterocycles. The Morgan fingerprint density at radius 1 is 1.20 bits per heavy atom. The van der Waals surface area contributed by atoms with E-state index < -0.39 is 0 Å². The first-order chi connectivity index (χ1) is 9.61. The van der Waals surface area contributed by atoms with E-state index in [2.05, 4.69) is 28.6 Å². The molecule has 0 heterocycles. The van der Waals surface area contributed by atoms with E-state index in [-0.39, 0.29) is 6.79 Å². The van der Waals surface area contributed by atoms with Gasteiger partial charge >= 0.3 is 0 Å². The Morgan fingerprint density at radius 2 is 2.00 bits per heavy atom. The van der Waals surface area contributed by atoms with Crippen LogP contribution in [0.2, 0.25) is 5.02 Å². The third-order valence-corrected chi connectivity index (χ3v) is 4.14. The fourth-order valence-electron chi connectivity index (χ4n) is 1.81. The zero-order chi connectivity index (χ0) is 14.5. The molecule has 0 unspecified atom stereocenters. The summed E-state index contributed by atoms with van der Waals surface area (Å²) in [6.45, 7) is 0.779. The number of ether oxygens (including phenoxy) is 2. The summed E-state index contributed by atoms with van der Waals surface area (Å²) in [5.74, 6) is 0. The minimum absolute atomic E-state index is 0.281. The Hall–Kier alpha value is -0.520. The van der Waals surface area contributed by atoms with Crippen molar-refractivity contribution in [2.24, 2.45) is 0 Å². The first-order valence-electron chi connectivity index (χ1n) is 5.96. The highest BCUT2D eigenvalue weighted by molar-refractivity contribution is 9.10. The topological polar surface area (TPSA) is 18.5 Å². The lowest BCUT2D eigenvalue weighted by Gasteiger charge is -2.10. The van der Waals surface area contributed by atoms with Crippen LogP contribution < -0.4 is 0 Å². The zero-order valence-electron chi connectivity index (χ0n) is 10.9. The molecule has 2 aromatic carbocycles. The molecule has 0 bridgehead atoms. The van der Waals surface area contributed by atoms with Crippen LogP contribution in [-0.4, -0.2) is 13.9 Å². The van der Waals surface area contributed by atoms with E-state index in [1.807, 2.05) is 36.4 Å². The molecule has 2 nitrogen and oxygen atoms in total. The van der Waals surface area contributed by atoms with Crippen LogP contribution in [0.3, 0.4) is 0 Å². The molecule has 0 saturated carbocycles. The molecule has 20 heavy (non-hydrogen) atoms. The van der Waals surface area contributed by atoms with Gasteiger partial charge in [0.25, 0.3) is 0 Å². The van der Waals surface area contributed by atoms with Crippen LogP contribution in [0.4, 0.5) is 0 Å². The number of thiol groups is 1. The largest absolute Gasteiger partial charge is 0.359 e. The van der Waals surface area contributed by atoms with Gasteiger partial charge in [-0.2, -0.15) is 0 Å². The lowest BCUT2D eigenvalue weighted by atomic mass is 10.0. The molecule has 0 aliphatic carbocycles. The van der Waals surface area contributed by atoms with Crippen molar-refractivity contribution in [3.8, 4) is 11.1 Å². The Kier molecular flexibility index (Phi) is 5.93. The summed E-state index contributed by atoms with van der Waals surface area (Å²) in [5, 5.41) is 0.696. The molecule has 5 heteroatoms. The normalized spacial score (nSPS) is 10.8. The monoisotopic (exact) mass is 372 g/mol. The predicted molar refractivity (Wildman–Crippen MR) is 88.5 cm³/mol. The average Bonchev–Trinajstić information content (AvgIpc) is 2.43. The molecule has 0 N–H and O–H groups in total.